The summed E-state index contributed by atoms with van der Waals surface area (Å²) >= 11 is 3.59. The average Bonchev–Trinajstić information content (AvgIpc) is 2.64. The molecular formula is C13H18BrN. The van der Waals surface area contributed by atoms with Crippen LogP contribution < -0.4 is 5.32 Å². The SMILES string of the molecule is CCCCCC1CNc2c(Br)cccc21. The van der Waals surface area contributed by atoms with Crippen molar-refractivity contribution in [3.05, 3.63) is 28.2 Å². The summed E-state index contributed by atoms with van der Waals surface area (Å²) in [4.78, 5) is 0. The number of halogens is 1. The molecule has 15 heavy (non-hydrogen) atoms. The largest absolute Gasteiger partial charge is 0.383 e. The van der Waals surface area contributed by atoms with Gasteiger partial charge in [-0.15, -0.1) is 0 Å². The molecule has 1 aliphatic rings. The van der Waals surface area contributed by atoms with E-state index in [0.29, 0.717) is 0 Å². The number of fused-ring (bicyclic) bond motifs is 1. The summed E-state index contributed by atoms with van der Waals surface area (Å²) in [6.45, 7) is 3.37. The first-order chi connectivity index (χ1) is 7.33. The number of unbranched alkanes of at least 4 members (excludes halogenated alkanes) is 2. The second-order valence-corrected chi connectivity index (χ2v) is 5.13. The molecule has 0 fully saturated rings. The molecule has 1 atom stereocenters. The van der Waals surface area contributed by atoms with Crippen molar-refractivity contribution in [1.29, 1.82) is 0 Å². The van der Waals surface area contributed by atoms with Gasteiger partial charge in [0.1, 0.15) is 0 Å². The smallest absolute Gasteiger partial charge is 0.0520 e. The van der Waals surface area contributed by atoms with Gasteiger partial charge in [0.05, 0.1) is 5.69 Å². The van der Waals surface area contributed by atoms with Crippen LogP contribution in [0.15, 0.2) is 22.7 Å². The molecule has 2 heteroatoms. The minimum atomic E-state index is 0.726. The van der Waals surface area contributed by atoms with E-state index in [9.17, 15) is 0 Å². The van der Waals surface area contributed by atoms with Crippen LogP contribution in [0.25, 0.3) is 0 Å². The molecule has 0 aromatic heterocycles. The number of anilines is 1. The van der Waals surface area contributed by atoms with Crippen LogP contribution in [-0.2, 0) is 0 Å². The number of rotatable bonds is 4. The quantitative estimate of drug-likeness (QED) is 0.790. The molecule has 1 heterocycles. The van der Waals surface area contributed by atoms with E-state index in [1.165, 1.54) is 41.4 Å². The van der Waals surface area contributed by atoms with E-state index in [2.05, 4.69) is 46.4 Å². The molecule has 1 nitrogen and oxygen atoms in total. The molecule has 1 aromatic rings. The minimum Gasteiger partial charge on any atom is -0.383 e. The Morgan fingerprint density at radius 1 is 1.40 bits per heavy atom. The third-order valence-electron chi connectivity index (χ3n) is 3.17. The van der Waals surface area contributed by atoms with Gasteiger partial charge in [-0.2, -0.15) is 0 Å². The maximum Gasteiger partial charge on any atom is 0.0520 e. The van der Waals surface area contributed by atoms with Crippen LogP contribution in [-0.4, -0.2) is 6.54 Å². The van der Waals surface area contributed by atoms with Crippen LogP contribution in [0.3, 0.4) is 0 Å². The van der Waals surface area contributed by atoms with Gasteiger partial charge in [-0.1, -0.05) is 38.3 Å². The first kappa shape index (κ1) is 11.0. The van der Waals surface area contributed by atoms with Gasteiger partial charge in [-0.25, -0.2) is 0 Å². The van der Waals surface area contributed by atoms with Gasteiger partial charge in [0.15, 0.2) is 0 Å². The summed E-state index contributed by atoms with van der Waals surface area (Å²) in [6, 6.07) is 6.51. The van der Waals surface area contributed by atoms with Gasteiger partial charge >= 0.3 is 0 Å². The Labute approximate surface area is 100 Å². The molecule has 82 valence electrons. The van der Waals surface area contributed by atoms with Crippen molar-refractivity contribution in [1.82, 2.24) is 0 Å². The topological polar surface area (TPSA) is 12.0 Å². The van der Waals surface area contributed by atoms with E-state index < -0.39 is 0 Å². The predicted octanol–water partition coefficient (Wildman–Crippen LogP) is 4.54. The highest BCUT2D eigenvalue weighted by Gasteiger charge is 2.22. The van der Waals surface area contributed by atoms with E-state index >= 15 is 0 Å². The number of para-hydroxylation sites is 1. The Morgan fingerprint density at radius 2 is 2.27 bits per heavy atom. The Kier molecular flexibility index (Phi) is 3.68. The lowest BCUT2D eigenvalue weighted by Crippen LogP contribution is -2.01. The molecule has 1 N–H and O–H groups in total. The highest BCUT2D eigenvalue weighted by atomic mass is 79.9. The highest BCUT2D eigenvalue weighted by molar-refractivity contribution is 9.10. The lowest BCUT2D eigenvalue weighted by Gasteiger charge is -2.09. The molecular weight excluding hydrogens is 250 g/mol. The number of benzene rings is 1. The molecule has 0 saturated carbocycles. The summed E-state index contributed by atoms with van der Waals surface area (Å²) in [5, 5.41) is 3.50. The lowest BCUT2D eigenvalue weighted by molar-refractivity contribution is 0.596. The third kappa shape index (κ3) is 2.36. The normalized spacial score (nSPS) is 18.7. The molecule has 0 aliphatic carbocycles. The summed E-state index contributed by atoms with van der Waals surface area (Å²) in [5.41, 5.74) is 2.82. The first-order valence-electron chi connectivity index (χ1n) is 5.85. The van der Waals surface area contributed by atoms with Gasteiger partial charge in [0.25, 0.3) is 0 Å². The Hall–Kier alpha value is -0.500. The fraction of sp³-hybridized carbons (Fsp3) is 0.538. The standard InChI is InChI=1S/C13H18BrN/c1-2-3-4-6-10-9-15-13-11(10)7-5-8-12(13)14/h5,7-8,10,15H,2-4,6,9H2,1H3. The van der Waals surface area contributed by atoms with Gasteiger partial charge < -0.3 is 5.32 Å². The fourth-order valence-corrected chi connectivity index (χ4v) is 2.82. The average molecular weight is 268 g/mol. The molecule has 1 aromatic carbocycles. The summed E-state index contributed by atoms with van der Waals surface area (Å²) in [7, 11) is 0. The molecule has 0 saturated heterocycles. The number of hydrogen-bond acceptors (Lipinski definition) is 1. The maximum absolute atomic E-state index is 3.59. The second kappa shape index (κ2) is 5.02. The molecule has 0 spiro atoms. The Bertz CT molecular complexity index is 335. The lowest BCUT2D eigenvalue weighted by atomic mass is 9.95. The molecule has 1 aliphatic heterocycles. The highest BCUT2D eigenvalue weighted by Crippen LogP contribution is 2.39. The van der Waals surface area contributed by atoms with Crippen LogP contribution in [0.1, 0.15) is 44.1 Å². The molecule has 0 amide bonds. The minimum absolute atomic E-state index is 0.726. The molecule has 0 radical (unpaired) electrons. The van der Waals surface area contributed by atoms with E-state index in [4.69, 9.17) is 0 Å². The van der Waals surface area contributed by atoms with Crippen LogP contribution in [0, 0.1) is 0 Å². The molecule has 0 bridgehead atoms. The molecule has 1 unspecified atom stereocenters. The van der Waals surface area contributed by atoms with Crippen molar-refractivity contribution >= 4 is 21.6 Å². The number of hydrogen-bond donors (Lipinski definition) is 1. The van der Waals surface area contributed by atoms with Crippen LogP contribution in [0.4, 0.5) is 5.69 Å². The van der Waals surface area contributed by atoms with E-state index in [1.54, 1.807) is 0 Å². The van der Waals surface area contributed by atoms with Crippen molar-refractivity contribution in [3.63, 3.8) is 0 Å². The van der Waals surface area contributed by atoms with Crippen molar-refractivity contribution in [2.24, 2.45) is 0 Å². The predicted molar refractivity (Wildman–Crippen MR) is 69.5 cm³/mol. The van der Waals surface area contributed by atoms with Gasteiger partial charge in [0.2, 0.25) is 0 Å². The Morgan fingerprint density at radius 3 is 3.07 bits per heavy atom. The summed E-state index contributed by atoms with van der Waals surface area (Å²) in [5.74, 6) is 0.726. The zero-order chi connectivity index (χ0) is 10.7. The van der Waals surface area contributed by atoms with E-state index in [-0.39, 0.29) is 0 Å². The third-order valence-corrected chi connectivity index (χ3v) is 3.83. The van der Waals surface area contributed by atoms with Gasteiger partial charge in [0, 0.05) is 16.9 Å². The van der Waals surface area contributed by atoms with Gasteiger partial charge in [-0.3, -0.25) is 0 Å². The fourth-order valence-electron chi connectivity index (χ4n) is 2.30. The zero-order valence-electron chi connectivity index (χ0n) is 9.22. The summed E-state index contributed by atoms with van der Waals surface area (Å²) < 4.78 is 1.21. The molecule has 2 rings (SSSR count). The zero-order valence-corrected chi connectivity index (χ0v) is 10.8. The van der Waals surface area contributed by atoms with Crippen LogP contribution in [0.5, 0.6) is 0 Å². The van der Waals surface area contributed by atoms with Crippen molar-refractivity contribution in [2.75, 3.05) is 11.9 Å². The van der Waals surface area contributed by atoms with Crippen molar-refractivity contribution < 1.29 is 0 Å². The second-order valence-electron chi connectivity index (χ2n) is 4.28. The Balaban J connectivity index is 2.05. The monoisotopic (exact) mass is 267 g/mol. The number of nitrogens with one attached hydrogen (secondary N) is 1. The van der Waals surface area contributed by atoms with Crippen molar-refractivity contribution in [3.8, 4) is 0 Å². The first-order valence-corrected chi connectivity index (χ1v) is 6.64. The summed E-state index contributed by atoms with van der Waals surface area (Å²) in [6.07, 6.45) is 5.35. The van der Waals surface area contributed by atoms with Crippen molar-refractivity contribution in [2.45, 2.75) is 38.5 Å². The van der Waals surface area contributed by atoms with E-state index in [0.717, 1.165) is 12.5 Å². The maximum atomic E-state index is 3.59. The van der Waals surface area contributed by atoms with Crippen LogP contribution in [0.2, 0.25) is 0 Å². The van der Waals surface area contributed by atoms with Gasteiger partial charge in [-0.05, 0) is 34.0 Å². The van der Waals surface area contributed by atoms with E-state index in [1.807, 2.05) is 0 Å². The van der Waals surface area contributed by atoms with Crippen LogP contribution >= 0.6 is 15.9 Å².